The summed E-state index contributed by atoms with van der Waals surface area (Å²) < 4.78 is 33.5. The van der Waals surface area contributed by atoms with E-state index in [1.807, 2.05) is 0 Å². The van der Waals surface area contributed by atoms with E-state index in [1.165, 1.54) is 5.38 Å². The Morgan fingerprint density at radius 3 is 2.57 bits per heavy atom. The first kappa shape index (κ1) is 30.0. The number of pyridine rings is 1. The third-order valence-electron chi connectivity index (χ3n) is 6.30. The van der Waals surface area contributed by atoms with Gasteiger partial charge in [0.2, 0.25) is 11.0 Å². The van der Waals surface area contributed by atoms with Gasteiger partial charge in [-0.25, -0.2) is 14.1 Å². The Morgan fingerprint density at radius 1 is 1.33 bits per heavy atom. The minimum absolute atomic E-state index is 0.0226. The fourth-order valence-electron chi connectivity index (χ4n) is 3.93. The molecule has 2 amide bonds. The molecule has 1 aliphatic heterocycles. The number of nitrogen functional groups attached to an aromatic ring is 1. The maximum Gasteiger partial charge on any atom is 0.362 e. The number of oxime groups is 1. The first-order valence-corrected chi connectivity index (χ1v) is 14.0. The Kier molecular flexibility index (Phi) is 7.96. The summed E-state index contributed by atoms with van der Waals surface area (Å²) in [7, 11) is -5.12. The molecule has 0 unspecified atom stereocenters. The van der Waals surface area contributed by atoms with Crippen LogP contribution in [0.1, 0.15) is 25.0 Å². The van der Waals surface area contributed by atoms with E-state index in [1.54, 1.807) is 0 Å². The van der Waals surface area contributed by atoms with Crippen molar-refractivity contribution in [3.05, 3.63) is 33.6 Å². The Bertz CT molecular complexity index is 1650. The topological polar surface area (TPSA) is 312 Å². The fourth-order valence-corrected chi connectivity index (χ4v) is 5.36. The molecule has 2 aromatic heterocycles. The van der Waals surface area contributed by atoms with E-state index in [2.05, 4.69) is 26.1 Å². The molecule has 1 saturated carbocycles. The lowest BCUT2D eigenvalue weighted by atomic mass is 9.80. The molecule has 2 aromatic rings. The Labute approximate surface area is 238 Å². The van der Waals surface area contributed by atoms with Gasteiger partial charge in [-0.2, -0.15) is 13.1 Å². The Hall–Kier alpha value is -4.96. The fraction of sp³-hybridized carbons (Fsp3) is 0.350. The molecule has 1 aliphatic carbocycles. The first-order chi connectivity index (χ1) is 19.6. The van der Waals surface area contributed by atoms with Crippen molar-refractivity contribution < 1.29 is 47.6 Å². The number of nitrogens with zero attached hydrogens (tertiary/aromatic N) is 4. The summed E-state index contributed by atoms with van der Waals surface area (Å²) in [6.07, 6.45) is 1.43. The molecule has 42 heavy (non-hydrogen) atoms. The summed E-state index contributed by atoms with van der Waals surface area (Å²) in [5.74, 6) is -5.46. The van der Waals surface area contributed by atoms with Gasteiger partial charge in [0.15, 0.2) is 28.4 Å². The highest BCUT2D eigenvalue weighted by Gasteiger charge is 2.54. The lowest BCUT2D eigenvalue weighted by molar-refractivity contribution is -0.178. The average Bonchev–Trinajstić information content (AvgIpc) is 3.29. The van der Waals surface area contributed by atoms with Crippen LogP contribution in [-0.2, 0) is 29.5 Å². The number of aromatic nitrogens is 2. The number of aliphatic carboxylic acids is 1. The molecule has 2 atom stereocenters. The van der Waals surface area contributed by atoms with E-state index in [-0.39, 0.29) is 33.8 Å². The van der Waals surface area contributed by atoms with Crippen molar-refractivity contribution in [3.8, 4) is 5.75 Å². The number of carboxylic acids is 1. The van der Waals surface area contributed by atoms with Crippen LogP contribution in [0.15, 0.2) is 27.6 Å². The maximum atomic E-state index is 13.2. The summed E-state index contributed by atoms with van der Waals surface area (Å²) in [5, 5.41) is 48.4. The number of anilines is 2. The summed E-state index contributed by atoms with van der Waals surface area (Å²) in [6, 6.07) is -2.37. The number of aromatic hydroxyl groups is 1. The normalized spacial score (nSPS) is 19.7. The number of nitrogens with two attached hydrogens (primary N) is 1. The molecule has 1 saturated heterocycles. The van der Waals surface area contributed by atoms with Gasteiger partial charge in [-0.05, 0) is 6.42 Å². The van der Waals surface area contributed by atoms with Crippen molar-refractivity contribution >= 4 is 62.0 Å². The number of nitrogens with one attached hydrogen (secondary N) is 4. The van der Waals surface area contributed by atoms with Crippen LogP contribution in [-0.4, -0.2) is 96.1 Å². The monoisotopic (exact) mass is 629 g/mol. The number of thiazole rings is 1. The number of carbonyl (C=O) groups is 3. The van der Waals surface area contributed by atoms with Gasteiger partial charge in [0.25, 0.3) is 11.8 Å². The standard InChI is InChI=1S/C20H23N9O11S2/c21-18(25-12-4-10(30)11(31)6-28(12)36)23-5-9-14(16(33)29(9)42(37,38)39)26-15(32)13(8-7-41-19(22)24-8)27-40-20(17(34)35)2-1-3-20/h4,6-7,9,14,31,36H,1-3,5H2,(H2,22,24)(H,26,32)(H,34,35)(H3,21,23,25)(H,37,38,39)/b27-13-/t9-,14+/m1/s1. The minimum atomic E-state index is -5.12. The molecule has 10 N–H and O–H groups in total. The zero-order chi connectivity index (χ0) is 31.0. The van der Waals surface area contributed by atoms with E-state index in [9.17, 15) is 47.6 Å². The number of guanidine groups is 1. The van der Waals surface area contributed by atoms with Crippen molar-refractivity contribution in [3.63, 3.8) is 0 Å². The van der Waals surface area contributed by atoms with Crippen molar-refractivity contribution in [2.24, 2.45) is 5.16 Å². The molecule has 0 bridgehead atoms. The lowest BCUT2D eigenvalue weighted by Gasteiger charge is -2.44. The summed E-state index contributed by atoms with van der Waals surface area (Å²) in [4.78, 5) is 58.2. The van der Waals surface area contributed by atoms with Gasteiger partial charge in [-0.3, -0.25) is 24.3 Å². The molecular weight excluding hydrogens is 606 g/mol. The number of hydrogen-bond acceptors (Lipinski definition) is 14. The first-order valence-electron chi connectivity index (χ1n) is 11.7. The van der Waals surface area contributed by atoms with Gasteiger partial charge in [-0.1, -0.05) is 5.16 Å². The largest absolute Gasteiger partial charge is 0.503 e. The van der Waals surface area contributed by atoms with Crippen LogP contribution >= 0.6 is 11.3 Å². The van der Waals surface area contributed by atoms with Gasteiger partial charge in [0, 0.05) is 30.8 Å². The van der Waals surface area contributed by atoms with Gasteiger partial charge in [-0.15, -0.1) is 11.3 Å². The van der Waals surface area contributed by atoms with Crippen LogP contribution in [0.25, 0.3) is 0 Å². The molecular formula is C20H23N9O11S2. The quantitative estimate of drug-likeness (QED) is 0.0333. The second-order valence-electron chi connectivity index (χ2n) is 9.02. The minimum Gasteiger partial charge on any atom is -0.503 e. The number of amides is 2. The number of carbonyl (C=O) groups excluding carboxylic acids is 2. The third-order valence-corrected chi connectivity index (χ3v) is 7.92. The van der Waals surface area contributed by atoms with Crippen LogP contribution in [0.5, 0.6) is 5.75 Å². The number of β-lactam (4-membered cyclic amide) rings is 1. The van der Waals surface area contributed by atoms with Crippen LogP contribution < -0.4 is 27.1 Å². The predicted octanol–water partition coefficient (Wildman–Crippen LogP) is -2.31. The second kappa shape index (κ2) is 11.1. The molecule has 22 heteroatoms. The van der Waals surface area contributed by atoms with Crippen LogP contribution in [0, 0.1) is 5.41 Å². The summed E-state index contributed by atoms with van der Waals surface area (Å²) in [5.41, 5.74) is 2.37. The third kappa shape index (κ3) is 5.89. The molecule has 20 nitrogen and oxygen atoms in total. The second-order valence-corrected chi connectivity index (χ2v) is 11.2. The average molecular weight is 630 g/mol. The van der Waals surface area contributed by atoms with E-state index in [0.717, 1.165) is 17.4 Å². The smallest absolute Gasteiger partial charge is 0.362 e. The van der Waals surface area contributed by atoms with Crippen molar-refractivity contribution in [1.29, 1.82) is 5.41 Å². The Balaban J connectivity index is 1.52. The highest BCUT2D eigenvalue weighted by atomic mass is 32.2. The molecule has 3 heterocycles. The van der Waals surface area contributed by atoms with Crippen molar-refractivity contribution in [2.45, 2.75) is 36.9 Å². The number of carboxylic acid groups (broad SMARTS) is 1. The van der Waals surface area contributed by atoms with E-state index < -0.39 is 75.2 Å². The van der Waals surface area contributed by atoms with Gasteiger partial charge in [0.05, 0.1) is 12.2 Å². The molecule has 0 radical (unpaired) electrons. The van der Waals surface area contributed by atoms with E-state index in [0.29, 0.717) is 17.3 Å². The lowest BCUT2D eigenvalue weighted by Crippen LogP contribution is -2.74. The number of rotatable bonds is 10. The molecule has 2 fully saturated rings. The predicted molar refractivity (Wildman–Crippen MR) is 141 cm³/mol. The highest BCUT2D eigenvalue weighted by Crippen LogP contribution is 2.36. The molecule has 2 aliphatic rings. The molecule has 4 rings (SSSR count). The zero-order valence-electron chi connectivity index (χ0n) is 21.0. The van der Waals surface area contributed by atoms with Gasteiger partial charge in [0.1, 0.15) is 11.7 Å². The van der Waals surface area contributed by atoms with Gasteiger partial charge >= 0.3 is 16.3 Å². The highest BCUT2D eigenvalue weighted by molar-refractivity contribution is 7.84. The van der Waals surface area contributed by atoms with E-state index >= 15 is 0 Å². The summed E-state index contributed by atoms with van der Waals surface area (Å²) in [6.45, 7) is -0.579. The molecule has 226 valence electrons. The Morgan fingerprint density at radius 2 is 2.02 bits per heavy atom. The SMILES string of the molecule is N=C(NC[C@@H]1[C@H](NC(=O)/C(=N\OC2(C(=O)O)CCC2)c2csc(N)n2)C(=O)N1S(=O)(=O)O)Nc1cc(=O)c(O)cn1O. The van der Waals surface area contributed by atoms with Crippen LogP contribution in [0.3, 0.4) is 0 Å². The van der Waals surface area contributed by atoms with Crippen LogP contribution in [0.4, 0.5) is 10.9 Å². The molecule has 0 spiro atoms. The van der Waals surface area contributed by atoms with Crippen molar-refractivity contribution in [1.82, 2.24) is 24.7 Å². The maximum absolute atomic E-state index is 13.2. The summed E-state index contributed by atoms with van der Waals surface area (Å²) >= 11 is 0.921. The van der Waals surface area contributed by atoms with E-state index in [4.69, 9.17) is 16.0 Å². The van der Waals surface area contributed by atoms with Gasteiger partial charge < -0.3 is 41.9 Å². The zero-order valence-corrected chi connectivity index (χ0v) is 22.7. The number of hydrogen-bond donors (Lipinski definition) is 9. The van der Waals surface area contributed by atoms with Crippen LogP contribution in [0.2, 0.25) is 0 Å². The molecule has 0 aromatic carbocycles. The van der Waals surface area contributed by atoms with Crippen molar-refractivity contribution in [2.75, 3.05) is 17.6 Å².